The molecule has 0 amide bonds. The number of nitrogens with one attached hydrogen (secondary N) is 1. The molecule has 1 atom stereocenters. The van der Waals surface area contributed by atoms with Crippen molar-refractivity contribution in [3.63, 3.8) is 0 Å². The molecule has 16 heavy (non-hydrogen) atoms. The van der Waals surface area contributed by atoms with E-state index in [2.05, 4.69) is 29.3 Å². The molecule has 1 N–H and O–H groups in total. The Bertz CT molecular complexity index is 325. The van der Waals surface area contributed by atoms with Crippen LogP contribution in [0.4, 0.5) is 0 Å². The summed E-state index contributed by atoms with van der Waals surface area (Å²) in [6.45, 7) is 5.13. The average Bonchev–Trinajstić information content (AvgIpc) is 3.02. The molecule has 0 bridgehead atoms. The lowest BCUT2D eigenvalue weighted by molar-refractivity contribution is 0.363. The van der Waals surface area contributed by atoms with Gasteiger partial charge in [-0.3, -0.25) is 0 Å². The van der Waals surface area contributed by atoms with Gasteiger partial charge in [0.05, 0.1) is 12.3 Å². The highest BCUT2D eigenvalue weighted by atomic mass is 32.2. The Morgan fingerprint density at radius 3 is 3.06 bits per heavy atom. The Morgan fingerprint density at radius 1 is 1.56 bits per heavy atom. The second-order valence-electron chi connectivity index (χ2n) is 4.29. The minimum absolute atomic E-state index is 0.659. The van der Waals surface area contributed by atoms with Gasteiger partial charge in [0.25, 0.3) is 0 Å². The predicted molar refractivity (Wildman–Crippen MR) is 65.2 cm³/mol. The van der Waals surface area contributed by atoms with Gasteiger partial charge in [0, 0.05) is 11.3 Å². The minimum atomic E-state index is 0.659. The van der Waals surface area contributed by atoms with Gasteiger partial charge >= 0.3 is 0 Å². The topological polar surface area (TPSA) is 51.0 Å². The molecule has 0 aliphatic heterocycles. The summed E-state index contributed by atoms with van der Waals surface area (Å²) in [5.74, 6) is 2.38. The maximum Gasteiger partial charge on any atom is 0.240 e. The average molecular weight is 241 g/mol. The summed E-state index contributed by atoms with van der Waals surface area (Å²) in [5, 5.41) is 7.99. The van der Waals surface area contributed by atoms with Crippen LogP contribution in [-0.2, 0) is 12.3 Å². The summed E-state index contributed by atoms with van der Waals surface area (Å²) in [6, 6.07) is 0.685. The Hall–Kier alpha value is -0.550. The van der Waals surface area contributed by atoms with Crippen molar-refractivity contribution >= 4 is 11.8 Å². The molecular weight excluding hydrogens is 222 g/mol. The third-order valence-corrected chi connectivity index (χ3v) is 4.03. The van der Waals surface area contributed by atoms with E-state index in [1.807, 2.05) is 11.8 Å². The normalized spacial score (nSPS) is 17.6. The summed E-state index contributed by atoms with van der Waals surface area (Å²) in [6.07, 6.45) is 3.74. The van der Waals surface area contributed by atoms with Gasteiger partial charge in [-0.1, -0.05) is 19.0 Å². The maximum atomic E-state index is 5.17. The number of thioether (sulfide) groups is 1. The van der Waals surface area contributed by atoms with Gasteiger partial charge < -0.3 is 9.84 Å². The number of nitrogens with zero attached hydrogens (tertiary/aromatic N) is 2. The molecule has 0 spiro atoms. The molecule has 90 valence electrons. The molecule has 2 rings (SSSR count). The van der Waals surface area contributed by atoms with Gasteiger partial charge in [-0.25, -0.2) is 0 Å². The fraction of sp³-hybridized carbons (Fsp3) is 0.818. The van der Waals surface area contributed by atoms with E-state index in [-0.39, 0.29) is 0 Å². The van der Waals surface area contributed by atoms with Crippen LogP contribution in [0, 0.1) is 0 Å². The van der Waals surface area contributed by atoms with Gasteiger partial charge in [0.15, 0.2) is 5.82 Å². The van der Waals surface area contributed by atoms with Crippen LogP contribution in [-0.4, -0.2) is 21.4 Å². The number of hydrogen-bond acceptors (Lipinski definition) is 5. The Balaban J connectivity index is 1.72. The summed E-state index contributed by atoms with van der Waals surface area (Å²) < 4.78 is 5.17. The van der Waals surface area contributed by atoms with Gasteiger partial charge in [0.2, 0.25) is 5.89 Å². The Labute approximate surface area is 101 Å². The lowest BCUT2D eigenvalue weighted by Gasteiger charge is -2.04. The van der Waals surface area contributed by atoms with Crippen molar-refractivity contribution in [3.8, 4) is 0 Å². The molecule has 0 radical (unpaired) electrons. The molecule has 1 fully saturated rings. The Kier molecular flexibility index (Phi) is 4.23. The van der Waals surface area contributed by atoms with E-state index in [9.17, 15) is 0 Å². The smallest absolute Gasteiger partial charge is 0.240 e. The molecule has 1 aliphatic carbocycles. The highest BCUT2D eigenvalue weighted by Gasteiger charge is 2.21. The Morgan fingerprint density at radius 2 is 2.38 bits per heavy atom. The van der Waals surface area contributed by atoms with Crippen LogP contribution in [0.5, 0.6) is 0 Å². The summed E-state index contributed by atoms with van der Waals surface area (Å²) in [7, 11) is 0. The first-order chi connectivity index (χ1) is 7.78. The quantitative estimate of drug-likeness (QED) is 0.794. The molecule has 1 aliphatic rings. The standard InChI is InChI=1S/C11H19N3OS/c1-3-8(2)16-7-10-13-11(15-14-10)6-12-9-4-5-9/h8-9,12H,3-7H2,1-2H3. The second-order valence-corrected chi connectivity index (χ2v) is 5.72. The van der Waals surface area contributed by atoms with Crippen molar-refractivity contribution < 1.29 is 4.52 Å². The van der Waals surface area contributed by atoms with E-state index < -0.39 is 0 Å². The van der Waals surface area contributed by atoms with Gasteiger partial charge in [-0.15, -0.1) is 0 Å². The van der Waals surface area contributed by atoms with Crippen molar-refractivity contribution in [1.82, 2.24) is 15.5 Å². The van der Waals surface area contributed by atoms with E-state index in [4.69, 9.17) is 4.52 Å². The lowest BCUT2D eigenvalue weighted by Crippen LogP contribution is -2.15. The molecule has 4 nitrogen and oxygen atoms in total. The number of hydrogen-bond donors (Lipinski definition) is 1. The van der Waals surface area contributed by atoms with Crippen LogP contribution in [0.25, 0.3) is 0 Å². The van der Waals surface area contributed by atoms with Crippen LogP contribution >= 0.6 is 11.8 Å². The maximum absolute atomic E-state index is 5.17. The zero-order chi connectivity index (χ0) is 11.4. The van der Waals surface area contributed by atoms with E-state index in [1.165, 1.54) is 19.3 Å². The molecule has 0 aromatic carbocycles. The van der Waals surface area contributed by atoms with E-state index >= 15 is 0 Å². The van der Waals surface area contributed by atoms with Crippen LogP contribution in [0.1, 0.15) is 44.8 Å². The first kappa shape index (κ1) is 11.9. The third-order valence-electron chi connectivity index (χ3n) is 2.70. The van der Waals surface area contributed by atoms with Crippen molar-refractivity contribution in [2.24, 2.45) is 0 Å². The predicted octanol–water partition coefficient (Wildman–Crippen LogP) is 2.35. The van der Waals surface area contributed by atoms with Crippen molar-refractivity contribution in [2.45, 2.75) is 56.7 Å². The zero-order valence-corrected chi connectivity index (χ0v) is 10.7. The van der Waals surface area contributed by atoms with Crippen LogP contribution in [0.15, 0.2) is 4.52 Å². The number of rotatable bonds is 7. The van der Waals surface area contributed by atoms with E-state index in [1.54, 1.807) is 0 Å². The monoisotopic (exact) mass is 241 g/mol. The van der Waals surface area contributed by atoms with Gasteiger partial charge in [0.1, 0.15) is 0 Å². The van der Waals surface area contributed by atoms with E-state index in [0.717, 1.165) is 11.6 Å². The SMILES string of the molecule is CCC(C)SCc1noc(CNC2CC2)n1. The second kappa shape index (κ2) is 5.68. The molecule has 1 saturated carbocycles. The van der Waals surface area contributed by atoms with Crippen molar-refractivity contribution in [1.29, 1.82) is 0 Å². The third kappa shape index (κ3) is 3.79. The van der Waals surface area contributed by atoms with Crippen LogP contribution in [0.3, 0.4) is 0 Å². The van der Waals surface area contributed by atoms with Crippen LogP contribution in [0.2, 0.25) is 0 Å². The molecule has 1 aromatic rings. The first-order valence-corrected chi connectivity index (χ1v) is 6.99. The molecular formula is C11H19N3OS. The molecule has 0 saturated heterocycles. The van der Waals surface area contributed by atoms with Gasteiger partial charge in [-0.2, -0.15) is 16.7 Å². The van der Waals surface area contributed by atoms with Crippen LogP contribution < -0.4 is 5.32 Å². The zero-order valence-electron chi connectivity index (χ0n) is 9.90. The van der Waals surface area contributed by atoms with Gasteiger partial charge in [-0.05, 0) is 19.3 Å². The van der Waals surface area contributed by atoms with Crippen molar-refractivity contribution in [2.75, 3.05) is 0 Å². The summed E-state index contributed by atoms with van der Waals surface area (Å²) in [4.78, 5) is 4.36. The first-order valence-electron chi connectivity index (χ1n) is 5.94. The summed E-state index contributed by atoms with van der Waals surface area (Å²) in [5.41, 5.74) is 0. The molecule has 1 aromatic heterocycles. The van der Waals surface area contributed by atoms with Crippen molar-refractivity contribution in [3.05, 3.63) is 11.7 Å². The highest BCUT2D eigenvalue weighted by Crippen LogP contribution is 2.20. The fourth-order valence-electron chi connectivity index (χ4n) is 1.27. The number of aromatic nitrogens is 2. The summed E-state index contributed by atoms with van der Waals surface area (Å²) >= 11 is 1.87. The molecule has 5 heteroatoms. The largest absolute Gasteiger partial charge is 0.338 e. The fourth-order valence-corrected chi connectivity index (χ4v) is 2.06. The molecule has 1 unspecified atom stereocenters. The minimum Gasteiger partial charge on any atom is -0.338 e. The lowest BCUT2D eigenvalue weighted by atomic mass is 10.4. The highest BCUT2D eigenvalue weighted by molar-refractivity contribution is 7.99. The van der Waals surface area contributed by atoms with E-state index in [0.29, 0.717) is 23.7 Å². The molecule has 1 heterocycles.